The van der Waals surface area contributed by atoms with E-state index in [1.807, 2.05) is 12.4 Å². The summed E-state index contributed by atoms with van der Waals surface area (Å²) in [6.45, 7) is 2.75. The molecule has 2 aliphatic rings. The molecule has 10 nitrogen and oxygen atoms in total. The zero-order chi connectivity index (χ0) is 23.1. The minimum atomic E-state index is -0.355. The van der Waals surface area contributed by atoms with Crippen LogP contribution < -0.4 is 11.1 Å². The monoisotopic (exact) mass is 453 g/mol. The molecule has 0 radical (unpaired) electrons. The molecule has 0 bridgehead atoms. The van der Waals surface area contributed by atoms with Crippen molar-refractivity contribution in [2.75, 3.05) is 6.54 Å². The molecule has 34 heavy (non-hydrogen) atoms. The lowest BCUT2D eigenvalue weighted by Crippen LogP contribution is -2.30. The topological polar surface area (TPSA) is 133 Å². The fraction of sp³-hybridized carbons (Fsp3) is 0.250. The van der Waals surface area contributed by atoms with Crippen LogP contribution in [0.4, 0.5) is 0 Å². The predicted octanol–water partition coefficient (Wildman–Crippen LogP) is 2.69. The predicted molar refractivity (Wildman–Crippen MR) is 126 cm³/mol. The van der Waals surface area contributed by atoms with Gasteiger partial charge < -0.3 is 15.6 Å². The molecule has 170 valence electrons. The van der Waals surface area contributed by atoms with Crippen LogP contribution in [0.3, 0.4) is 0 Å². The molecule has 1 saturated carbocycles. The van der Waals surface area contributed by atoms with E-state index in [1.165, 1.54) is 0 Å². The van der Waals surface area contributed by atoms with Gasteiger partial charge in [-0.15, -0.1) is 0 Å². The smallest absolute Gasteiger partial charge is 0.278 e. The number of hydrogen-bond donors (Lipinski definition) is 2. The Morgan fingerprint density at radius 3 is 2.65 bits per heavy atom. The van der Waals surface area contributed by atoms with Gasteiger partial charge in [-0.1, -0.05) is 29.4 Å². The fourth-order valence-corrected chi connectivity index (χ4v) is 4.33. The Labute approximate surface area is 195 Å². The van der Waals surface area contributed by atoms with E-state index in [1.54, 1.807) is 29.5 Å². The van der Waals surface area contributed by atoms with E-state index in [0.717, 1.165) is 29.5 Å². The molecule has 6 rings (SSSR count). The van der Waals surface area contributed by atoms with Crippen molar-refractivity contribution in [1.82, 2.24) is 35.0 Å². The van der Waals surface area contributed by atoms with Gasteiger partial charge >= 0.3 is 0 Å². The minimum Gasteiger partial charge on any atom is -0.370 e. The summed E-state index contributed by atoms with van der Waals surface area (Å²) in [6.07, 6.45) is 12.6. The Bertz CT molecular complexity index is 1370. The molecule has 3 N–H and O–H groups in total. The quantitative estimate of drug-likeness (QED) is 0.455. The Morgan fingerprint density at radius 2 is 2.00 bits per heavy atom. The van der Waals surface area contributed by atoms with Gasteiger partial charge in [0.2, 0.25) is 0 Å². The first-order valence-electron chi connectivity index (χ1n) is 11.1. The number of hydrogen-bond acceptors (Lipinski definition) is 9. The van der Waals surface area contributed by atoms with Gasteiger partial charge in [-0.2, -0.15) is 4.98 Å². The highest BCUT2D eigenvalue weighted by atomic mass is 16.5. The Balaban J connectivity index is 1.28. The summed E-state index contributed by atoms with van der Waals surface area (Å²) in [7, 11) is 0. The molecule has 0 amide bonds. The van der Waals surface area contributed by atoms with Crippen molar-refractivity contribution < 1.29 is 4.52 Å². The van der Waals surface area contributed by atoms with E-state index < -0.39 is 0 Å². The summed E-state index contributed by atoms with van der Waals surface area (Å²) >= 11 is 0. The van der Waals surface area contributed by atoms with Crippen molar-refractivity contribution in [3.05, 3.63) is 78.5 Å². The van der Waals surface area contributed by atoms with Crippen LogP contribution >= 0.6 is 0 Å². The maximum atomic E-state index is 5.69. The van der Waals surface area contributed by atoms with Gasteiger partial charge in [-0.25, -0.2) is 19.9 Å². The van der Waals surface area contributed by atoms with Gasteiger partial charge in [-0.3, -0.25) is 4.57 Å². The van der Waals surface area contributed by atoms with Crippen LogP contribution in [0.1, 0.15) is 36.7 Å². The molecule has 3 aromatic heterocycles. The maximum absolute atomic E-state index is 5.69. The normalized spacial score (nSPS) is 17.4. The molecule has 1 unspecified atom stereocenters. The highest BCUT2D eigenvalue weighted by Crippen LogP contribution is 2.50. The van der Waals surface area contributed by atoms with Crippen molar-refractivity contribution >= 4 is 11.5 Å². The van der Waals surface area contributed by atoms with Gasteiger partial charge in [0, 0.05) is 18.6 Å². The first kappa shape index (κ1) is 20.3. The largest absolute Gasteiger partial charge is 0.370 e. The first-order valence-corrected chi connectivity index (χ1v) is 11.1. The lowest BCUT2D eigenvalue weighted by atomic mass is 9.76. The number of nitrogens with zero attached hydrogens (tertiary/aromatic N) is 7. The molecular formula is C24H23N9O. The van der Waals surface area contributed by atoms with Gasteiger partial charge in [0.15, 0.2) is 17.6 Å². The molecule has 0 saturated heterocycles. The van der Waals surface area contributed by atoms with E-state index in [-0.39, 0.29) is 5.41 Å². The van der Waals surface area contributed by atoms with E-state index in [9.17, 15) is 0 Å². The number of nitrogens with one attached hydrogen (secondary N) is 1. The molecule has 10 heteroatoms. The van der Waals surface area contributed by atoms with Crippen LogP contribution in [0.2, 0.25) is 0 Å². The highest BCUT2D eigenvalue weighted by molar-refractivity contribution is 5.84. The lowest BCUT2D eigenvalue weighted by Gasteiger charge is -2.27. The van der Waals surface area contributed by atoms with E-state index in [2.05, 4.69) is 61.6 Å². The molecule has 0 spiro atoms. The van der Waals surface area contributed by atoms with Gasteiger partial charge in [-0.05, 0) is 42.4 Å². The molecular weight excluding hydrogens is 430 g/mol. The van der Waals surface area contributed by atoms with Crippen LogP contribution in [0.15, 0.2) is 71.1 Å². The average molecular weight is 454 g/mol. The van der Waals surface area contributed by atoms with Gasteiger partial charge in [0.25, 0.3) is 5.89 Å². The molecule has 1 fully saturated rings. The molecule has 1 atom stereocenters. The van der Waals surface area contributed by atoms with Crippen molar-refractivity contribution in [2.45, 2.75) is 25.2 Å². The van der Waals surface area contributed by atoms with Gasteiger partial charge in [0.05, 0.1) is 24.4 Å². The molecule has 4 heterocycles. The van der Waals surface area contributed by atoms with Crippen LogP contribution in [0, 0.1) is 5.92 Å². The van der Waals surface area contributed by atoms with Crippen molar-refractivity contribution in [2.24, 2.45) is 16.6 Å². The minimum absolute atomic E-state index is 0.355. The number of benzene rings is 1. The highest BCUT2D eigenvalue weighted by Gasteiger charge is 2.47. The van der Waals surface area contributed by atoms with Crippen LogP contribution in [0.25, 0.3) is 23.0 Å². The average Bonchev–Trinajstić information content (AvgIpc) is 3.37. The number of nitrogens with two attached hydrogens (primary N) is 1. The molecule has 1 aromatic carbocycles. The van der Waals surface area contributed by atoms with E-state index in [0.29, 0.717) is 41.6 Å². The zero-order valence-corrected chi connectivity index (χ0v) is 18.6. The van der Waals surface area contributed by atoms with Crippen LogP contribution in [0.5, 0.6) is 0 Å². The molecule has 1 aliphatic carbocycles. The maximum Gasteiger partial charge on any atom is 0.278 e. The van der Waals surface area contributed by atoms with E-state index >= 15 is 0 Å². The summed E-state index contributed by atoms with van der Waals surface area (Å²) in [6, 6.07) is 8.52. The number of guanidine groups is 1. The van der Waals surface area contributed by atoms with Crippen molar-refractivity contribution in [1.29, 1.82) is 0 Å². The summed E-state index contributed by atoms with van der Waals surface area (Å²) in [4.78, 5) is 21.9. The summed E-state index contributed by atoms with van der Waals surface area (Å²) in [5.74, 6) is 2.58. The van der Waals surface area contributed by atoms with Crippen LogP contribution in [-0.2, 0) is 5.41 Å². The summed E-state index contributed by atoms with van der Waals surface area (Å²) in [5.41, 5.74) is 9.22. The number of imidazole rings is 1. The third kappa shape index (κ3) is 3.53. The summed E-state index contributed by atoms with van der Waals surface area (Å²) < 4.78 is 7.41. The van der Waals surface area contributed by atoms with Gasteiger partial charge in [0.1, 0.15) is 12.0 Å². The lowest BCUT2D eigenvalue weighted by molar-refractivity contribution is 0.386. The Hall–Kier alpha value is -4.34. The zero-order valence-electron chi connectivity index (χ0n) is 18.6. The number of rotatable bonds is 6. The second-order valence-corrected chi connectivity index (χ2v) is 8.72. The molecule has 4 aromatic rings. The third-order valence-corrected chi connectivity index (χ3v) is 6.58. The Morgan fingerprint density at radius 1 is 1.15 bits per heavy atom. The first-order chi connectivity index (χ1) is 16.6. The number of aliphatic imine (C=N–C) groups is 1. The Kier molecular flexibility index (Phi) is 4.72. The molecule has 1 aliphatic heterocycles. The second-order valence-electron chi connectivity index (χ2n) is 8.72. The van der Waals surface area contributed by atoms with Crippen molar-refractivity contribution in [3.63, 3.8) is 0 Å². The standard InChI is InChI=1S/C24H23N9O/c1-24(18-6-7-18,17-4-2-15(3-5-17)16-10-29-23(25)30-11-16)22-31-21(34-32-22)19-12-28-20(13-27-19)33-9-8-26-14-33/h2-5,8-10,12-14,18H,6-7,11H2,1H3,(H3,25,29,30). The summed E-state index contributed by atoms with van der Waals surface area (Å²) in [5, 5.41) is 7.35. The second kappa shape index (κ2) is 7.91. The van der Waals surface area contributed by atoms with Crippen LogP contribution in [-0.4, -0.2) is 42.2 Å². The number of aromatic nitrogens is 6. The van der Waals surface area contributed by atoms with Crippen molar-refractivity contribution in [3.8, 4) is 17.4 Å². The third-order valence-electron chi connectivity index (χ3n) is 6.58. The van der Waals surface area contributed by atoms with E-state index in [4.69, 9.17) is 15.2 Å². The SMILES string of the molecule is CC(c1ccc(C2=CNC(N)=NC2)cc1)(c1noc(-c2cnc(-n3ccnc3)cn2)n1)C1CC1. The fourth-order valence-electron chi connectivity index (χ4n) is 4.33.